The first-order valence-electron chi connectivity index (χ1n) is 8.01. The fraction of sp³-hybridized carbons (Fsp3) is 0.688. The SMILES string of the molecule is O=C(NC1CCCCC1)N1CCC(n2cccc2)CC1. The minimum atomic E-state index is 0.155. The first kappa shape index (κ1) is 13.5. The molecule has 1 saturated heterocycles. The molecular formula is C16H25N3O. The van der Waals surface area contributed by atoms with Gasteiger partial charge >= 0.3 is 6.03 Å². The van der Waals surface area contributed by atoms with Gasteiger partial charge in [0, 0.05) is 37.6 Å². The van der Waals surface area contributed by atoms with E-state index in [0.717, 1.165) is 38.8 Å². The average Bonchev–Trinajstić information content (AvgIpc) is 3.03. The van der Waals surface area contributed by atoms with Crippen LogP contribution in [0.1, 0.15) is 51.0 Å². The molecule has 20 heavy (non-hydrogen) atoms. The van der Waals surface area contributed by atoms with Crippen molar-refractivity contribution in [2.24, 2.45) is 0 Å². The largest absolute Gasteiger partial charge is 0.351 e. The first-order valence-corrected chi connectivity index (χ1v) is 8.01. The number of nitrogens with one attached hydrogen (secondary N) is 1. The van der Waals surface area contributed by atoms with Crippen LogP contribution in [0.15, 0.2) is 24.5 Å². The minimum absolute atomic E-state index is 0.155. The molecule has 0 atom stereocenters. The van der Waals surface area contributed by atoms with Crippen LogP contribution >= 0.6 is 0 Å². The molecular weight excluding hydrogens is 250 g/mol. The minimum Gasteiger partial charge on any atom is -0.351 e. The predicted octanol–water partition coefficient (Wildman–Crippen LogP) is 3.17. The highest BCUT2D eigenvalue weighted by atomic mass is 16.2. The molecule has 0 bridgehead atoms. The van der Waals surface area contributed by atoms with Gasteiger partial charge in [0.25, 0.3) is 0 Å². The number of aromatic nitrogens is 1. The molecule has 0 radical (unpaired) electrons. The molecule has 1 aromatic rings. The lowest BCUT2D eigenvalue weighted by atomic mass is 9.95. The Balaban J connectivity index is 1.46. The molecule has 110 valence electrons. The monoisotopic (exact) mass is 275 g/mol. The third-order valence-corrected chi connectivity index (χ3v) is 4.73. The summed E-state index contributed by atoms with van der Waals surface area (Å²) in [5, 5.41) is 3.22. The van der Waals surface area contributed by atoms with E-state index in [0.29, 0.717) is 12.1 Å². The molecule has 0 unspecified atom stereocenters. The van der Waals surface area contributed by atoms with Crippen LogP contribution in [0.3, 0.4) is 0 Å². The van der Waals surface area contributed by atoms with Gasteiger partial charge in [-0.3, -0.25) is 0 Å². The van der Waals surface area contributed by atoms with Gasteiger partial charge in [0.2, 0.25) is 0 Å². The van der Waals surface area contributed by atoms with Crippen LogP contribution in [0, 0.1) is 0 Å². The Bertz CT molecular complexity index is 415. The molecule has 2 heterocycles. The summed E-state index contributed by atoms with van der Waals surface area (Å²) in [5.74, 6) is 0. The topological polar surface area (TPSA) is 37.3 Å². The van der Waals surface area contributed by atoms with Crippen molar-refractivity contribution in [1.82, 2.24) is 14.8 Å². The molecule has 2 amide bonds. The Morgan fingerprint density at radius 2 is 1.60 bits per heavy atom. The summed E-state index contributed by atoms with van der Waals surface area (Å²) in [5.41, 5.74) is 0. The third kappa shape index (κ3) is 3.17. The summed E-state index contributed by atoms with van der Waals surface area (Å²) in [6.07, 6.45) is 12.6. The van der Waals surface area contributed by atoms with Gasteiger partial charge in [-0.05, 0) is 37.8 Å². The quantitative estimate of drug-likeness (QED) is 0.884. The van der Waals surface area contributed by atoms with Crippen LogP contribution in [-0.4, -0.2) is 34.6 Å². The number of likely N-dealkylation sites (tertiary alicyclic amines) is 1. The Morgan fingerprint density at radius 1 is 0.950 bits per heavy atom. The van der Waals surface area contributed by atoms with Crippen molar-refractivity contribution in [3.8, 4) is 0 Å². The maximum Gasteiger partial charge on any atom is 0.317 e. The molecule has 1 saturated carbocycles. The molecule has 4 nitrogen and oxygen atoms in total. The molecule has 1 aliphatic carbocycles. The highest BCUT2D eigenvalue weighted by Gasteiger charge is 2.25. The van der Waals surface area contributed by atoms with E-state index in [1.165, 1.54) is 19.3 Å². The fourth-order valence-corrected chi connectivity index (χ4v) is 3.47. The van der Waals surface area contributed by atoms with Gasteiger partial charge in [0.15, 0.2) is 0 Å². The van der Waals surface area contributed by atoms with E-state index in [1.807, 2.05) is 4.90 Å². The van der Waals surface area contributed by atoms with E-state index in [2.05, 4.69) is 34.4 Å². The number of hydrogen-bond donors (Lipinski definition) is 1. The summed E-state index contributed by atoms with van der Waals surface area (Å²) >= 11 is 0. The summed E-state index contributed by atoms with van der Waals surface area (Å²) in [4.78, 5) is 14.3. The molecule has 3 rings (SSSR count). The third-order valence-electron chi connectivity index (χ3n) is 4.73. The summed E-state index contributed by atoms with van der Waals surface area (Å²) in [6.45, 7) is 1.75. The van der Waals surface area contributed by atoms with Gasteiger partial charge in [-0.2, -0.15) is 0 Å². The molecule has 1 aromatic heterocycles. The number of carbonyl (C=O) groups is 1. The van der Waals surface area contributed by atoms with Crippen molar-refractivity contribution in [2.45, 2.75) is 57.0 Å². The number of nitrogens with zero attached hydrogens (tertiary/aromatic N) is 2. The molecule has 2 fully saturated rings. The van der Waals surface area contributed by atoms with Gasteiger partial charge in [-0.25, -0.2) is 4.79 Å². The lowest BCUT2D eigenvalue weighted by Gasteiger charge is -2.34. The van der Waals surface area contributed by atoms with E-state index in [-0.39, 0.29) is 6.03 Å². The Morgan fingerprint density at radius 3 is 2.25 bits per heavy atom. The lowest BCUT2D eigenvalue weighted by Crippen LogP contribution is -2.48. The summed E-state index contributed by atoms with van der Waals surface area (Å²) in [7, 11) is 0. The van der Waals surface area contributed by atoms with Gasteiger partial charge in [0.1, 0.15) is 0 Å². The van der Waals surface area contributed by atoms with Crippen molar-refractivity contribution in [1.29, 1.82) is 0 Å². The van der Waals surface area contributed by atoms with Crippen LogP contribution in [0.25, 0.3) is 0 Å². The zero-order valence-electron chi connectivity index (χ0n) is 12.1. The summed E-state index contributed by atoms with van der Waals surface area (Å²) < 4.78 is 2.27. The Hall–Kier alpha value is -1.45. The van der Waals surface area contributed by atoms with Crippen molar-refractivity contribution in [3.05, 3.63) is 24.5 Å². The average molecular weight is 275 g/mol. The highest BCUT2D eigenvalue weighted by molar-refractivity contribution is 5.74. The highest BCUT2D eigenvalue weighted by Crippen LogP contribution is 2.23. The van der Waals surface area contributed by atoms with Crippen LogP contribution in [0.5, 0.6) is 0 Å². The van der Waals surface area contributed by atoms with Crippen LogP contribution in [0.2, 0.25) is 0 Å². The Kier molecular flexibility index (Phi) is 4.28. The van der Waals surface area contributed by atoms with Gasteiger partial charge in [-0.15, -0.1) is 0 Å². The molecule has 2 aliphatic rings. The normalized spacial score (nSPS) is 21.9. The van der Waals surface area contributed by atoms with Crippen molar-refractivity contribution in [2.75, 3.05) is 13.1 Å². The number of amides is 2. The van der Waals surface area contributed by atoms with Crippen molar-refractivity contribution in [3.63, 3.8) is 0 Å². The van der Waals surface area contributed by atoms with Crippen molar-refractivity contribution >= 4 is 6.03 Å². The van der Waals surface area contributed by atoms with E-state index >= 15 is 0 Å². The fourth-order valence-electron chi connectivity index (χ4n) is 3.47. The van der Waals surface area contributed by atoms with Crippen LogP contribution in [0.4, 0.5) is 4.79 Å². The van der Waals surface area contributed by atoms with Gasteiger partial charge in [0.05, 0.1) is 0 Å². The number of rotatable bonds is 2. The molecule has 0 aromatic carbocycles. The Labute approximate surface area is 121 Å². The van der Waals surface area contributed by atoms with Gasteiger partial charge < -0.3 is 14.8 Å². The second-order valence-electron chi connectivity index (χ2n) is 6.13. The second-order valence-corrected chi connectivity index (χ2v) is 6.13. The predicted molar refractivity (Wildman–Crippen MR) is 79.7 cm³/mol. The standard InChI is InChI=1S/C16H25N3O/c20-16(17-14-6-2-1-3-7-14)19-12-8-15(9-13-19)18-10-4-5-11-18/h4-5,10-11,14-15H,1-3,6-9,12-13H2,(H,17,20). The molecule has 4 heteroatoms. The number of urea groups is 1. The molecule has 0 spiro atoms. The maximum atomic E-state index is 12.3. The number of piperidine rings is 1. The maximum absolute atomic E-state index is 12.3. The van der Waals surface area contributed by atoms with E-state index in [4.69, 9.17) is 0 Å². The van der Waals surface area contributed by atoms with Crippen LogP contribution in [-0.2, 0) is 0 Å². The molecule has 1 N–H and O–H groups in total. The first-order chi connectivity index (χ1) is 9.83. The van der Waals surface area contributed by atoms with Gasteiger partial charge in [-0.1, -0.05) is 19.3 Å². The molecule has 1 aliphatic heterocycles. The second kappa shape index (κ2) is 6.33. The zero-order valence-corrected chi connectivity index (χ0v) is 12.1. The summed E-state index contributed by atoms with van der Waals surface area (Å²) in [6, 6.07) is 5.27. The van der Waals surface area contributed by atoms with E-state index in [1.54, 1.807) is 0 Å². The van der Waals surface area contributed by atoms with E-state index in [9.17, 15) is 4.79 Å². The van der Waals surface area contributed by atoms with Crippen molar-refractivity contribution < 1.29 is 4.79 Å². The number of hydrogen-bond acceptors (Lipinski definition) is 1. The zero-order chi connectivity index (χ0) is 13.8. The smallest absolute Gasteiger partial charge is 0.317 e. The van der Waals surface area contributed by atoms with Crippen LogP contribution < -0.4 is 5.32 Å². The van der Waals surface area contributed by atoms with E-state index < -0.39 is 0 Å². The number of carbonyl (C=O) groups excluding carboxylic acids is 1. The lowest BCUT2D eigenvalue weighted by molar-refractivity contribution is 0.165.